The van der Waals surface area contributed by atoms with E-state index in [1.807, 2.05) is 19.3 Å². The Morgan fingerprint density at radius 1 is 1.18 bits per heavy atom. The van der Waals surface area contributed by atoms with Crippen LogP contribution in [0.1, 0.15) is 57.4 Å². The third kappa shape index (κ3) is 7.06. The number of hydrogen-bond donors (Lipinski definition) is 1. The lowest BCUT2D eigenvalue weighted by molar-refractivity contribution is 0.0263. The van der Waals surface area contributed by atoms with Gasteiger partial charge in [-0.25, -0.2) is 4.98 Å². The van der Waals surface area contributed by atoms with E-state index in [2.05, 4.69) is 33.2 Å². The summed E-state index contributed by atoms with van der Waals surface area (Å²) in [7, 11) is 1.85. The average Bonchev–Trinajstić information content (AvgIpc) is 2.71. The highest BCUT2D eigenvalue weighted by Gasteiger charge is 2.21. The Labute approximate surface area is 186 Å². The number of pyridine rings is 1. The number of aromatic nitrogens is 1. The van der Waals surface area contributed by atoms with Crippen molar-refractivity contribution in [1.29, 1.82) is 0 Å². The van der Waals surface area contributed by atoms with Crippen LogP contribution in [0.2, 0.25) is 0 Å². The van der Waals surface area contributed by atoms with Gasteiger partial charge >= 0.3 is 0 Å². The molecule has 158 valence electrons. The Kier molecular flexibility index (Phi) is 10.3. The van der Waals surface area contributed by atoms with E-state index in [0.29, 0.717) is 12.2 Å². The van der Waals surface area contributed by atoms with Gasteiger partial charge in [0, 0.05) is 45.6 Å². The Hall–Kier alpha value is -1.09. The number of guanidine groups is 1. The van der Waals surface area contributed by atoms with Crippen molar-refractivity contribution >= 4 is 29.9 Å². The first kappa shape index (κ1) is 23.2. The number of ether oxygens (including phenoxy) is 2. The molecular weight excluding hydrogens is 467 g/mol. The number of aliphatic imine (C=N–C) groups is 1. The molecule has 1 aliphatic carbocycles. The largest absolute Gasteiger partial charge is 0.474 e. The van der Waals surface area contributed by atoms with Crippen molar-refractivity contribution in [3.63, 3.8) is 0 Å². The normalized spacial score (nSPS) is 19.2. The summed E-state index contributed by atoms with van der Waals surface area (Å²) in [5.41, 5.74) is 1.17. The molecule has 1 saturated carbocycles. The molecule has 2 heterocycles. The molecule has 0 amide bonds. The van der Waals surface area contributed by atoms with E-state index in [1.54, 1.807) is 0 Å². The molecule has 0 atom stereocenters. The number of likely N-dealkylation sites (tertiary alicyclic amines) is 1. The fourth-order valence-electron chi connectivity index (χ4n) is 3.96. The van der Waals surface area contributed by atoms with E-state index in [0.717, 1.165) is 63.8 Å². The molecule has 28 heavy (non-hydrogen) atoms. The summed E-state index contributed by atoms with van der Waals surface area (Å²) in [5.74, 6) is 1.70. The highest BCUT2D eigenvalue weighted by Crippen LogP contribution is 2.22. The van der Waals surface area contributed by atoms with Crippen LogP contribution >= 0.6 is 24.0 Å². The molecule has 1 saturated heterocycles. The lowest BCUT2D eigenvalue weighted by atomic mass is 9.98. The summed E-state index contributed by atoms with van der Waals surface area (Å²) >= 11 is 0. The summed E-state index contributed by atoms with van der Waals surface area (Å²) in [4.78, 5) is 11.2. The van der Waals surface area contributed by atoms with Crippen LogP contribution in [0.15, 0.2) is 23.3 Å². The van der Waals surface area contributed by atoms with Crippen LogP contribution in [0.3, 0.4) is 0 Å². The molecule has 7 heteroatoms. The van der Waals surface area contributed by atoms with Crippen LogP contribution in [-0.2, 0) is 11.3 Å². The average molecular weight is 502 g/mol. The second kappa shape index (κ2) is 12.5. The van der Waals surface area contributed by atoms with Gasteiger partial charge < -0.3 is 19.7 Å². The molecule has 0 radical (unpaired) electrons. The van der Waals surface area contributed by atoms with Gasteiger partial charge in [0.25, 0.3) is 0 Å². The number of nitrogens with one attached hydrogen (secondary N) is 1. The number of piperidine rings is 1. The molecule has 6 nitrogen and oxygen atoms in total. The topological polar surface area (TPSA) is 59.0 Å². The highest BCUT2D eigenvalue weighted by molar-refractivity contribution is 14.0. The minimum absolute atomic E-state index is 0. The van der Waals surface area contributed by atoms with Crippen molar-refractivity contribution in [2.75, 3.05) is 26.7 Å². The van der Waals surface area contributed by atoms with E-state index in [4.69, 9.17) is 9.47 Å². The fourth-order valence-corrected chi connectivity index (χ4v) is 3.96. The minimum Gasteiger partial charge on any atom is -0.474 e. The summed E-state index contributed by atoms with van der Waals surface area (Å²) in [6, 6.07) is 4.09. The van der Waals surface area contributed by atoms with E-state index >= 15 is 0 Å². The zero-order chi connectivity index (χ0) is 18.9. The first-order valence-corrected chi connectivity index (χ1v) is 10.5. The quantitative estimate of drug-likeness (QED) is 0.362. The van der Waals surface area contributed by atoms with Gasteiger partial charge in [-0.15, -0.1) is 24.0 Å². The van der Waals surface area contributed by atoms with E-state index in [1.165, 1.54) is 24.8 Å². The molecule has 0 bridgehead atoms. The SMILES string of the molecule is CCOC1CCN(C(=NC)NCc2ccnc(OC3CCCCC3)c2)CC1.I. The second-order valence-electron chi connectivity index (χ2n) is 7.42. The van der Waals surface area contributed by atoms with Crippen LogP contribution in [0, 0.1) is 0 Å². The number of nitrogens with zero attached hydrogens (tertiary/aromatic N) is 3. The van der Waals surface area contributed by atoms with Gasteiger partial charge in [0.1, 0.15) is 6.10 Å². The molecule has 3 rings (SSSR count). The van der Waals surface area contributed by atoms with Crippen LogP contribution in [0.25, 0.3) is 0 Å². The first-order valence-electron chi connectivity index (χ1n) is 10.5. The van der Waals surface area contributed by atoms with Gasteiger partial charge in [0.2, 0.25) is 5.88 Å². The molecule has 2 aliphatic rings. The van der Waals surface area contributed by atoms with Crippen molar-refractivity contribution in [2.45, 2.75) is 70.6 Å². The van der Waals surface area contributed by atoms with Gasteiger partial charge in [0.15, 0.2) is 5.96 Å². The van der Waals surface area contributed by atoms with Crippen molar-refractivity contribution in [3.05, 3.63) is 23.9 Å². The standard InChI is InChI=1S/C21H34N4O2.HI/c1-3-26-18-10-13-25(14-11-18)21(22-2)24-16-17-9-12-23-20(15-17)27-19-7-5-4-6-8-19;/h9,12,15,18-19H,3-8,10-11,13-14,16H2,1-2H3,(H,22,24);1H. The van der Waals surface area contributed by atoms with E-state index in [-0.39, 0.29) is 24.0 Å². The minimum atomic E-state index is 0. The third-order valence-corrected chi connectivity index (χ3v) is 5.45. The van der Waals surface area contributed by atoms with Crippen LogP contribution in [0.5, 0.6) is 5.88 Å². The fraction of sp³-hybridized carbons (Fsp3) is 0.714. The highest BCUT2D eigenvalue weighted by atomic mass is 127. The predicted molar refractivity (Wildman–Crippen MR) is 124 cm³/mol. The number of rotatable bonds is 6. The lowest BCUT2D eigenvalue weighted by Gasteiger charge is -2.34. The Morgan fingerprint density at radius 3 is 2.61 bits per heavy atom. The zero-order valence-corrected chi connectivity index (χ0v) is 19.6. The molecule has 0 aromatic carbocycles. The molecule has 1 aromatic rings. The van der Waals surface area contributed by atoms with Gasteiger partial charge in [-0.1, -0.05) is 6.42 Å². The molecule has 1 aliphatic heterocycles. The van der Waals surface area contributed by atoms with Crippen molar-refractivity contribution < 1.29 is 9.47 Å². The summed E-state index contributed by atoms with van der Waals surface area (Å²) < 4.78 is 11.8. The number of hydrogen-bond acceptors (Lipinski definition) is 4. The number of halogens is 1. The summed E-state index contributed by atoms with van der Waals surface area (Å²) in [5, 5.41) is 3.48. The Balaban J connectivity index is 0.00000280. The van der Waals surface area contributed by atoms with Crippen molar-refractivity contribution in [3.8, 4) is 5.88 Å². The lowest BCUT2D eigenvalue weighted by Crippen LogP contribution is -2.46. The van der Waals surface area contributed by atoms with E-state index in [9.17, 15) is 0 Å². The molecule has 0 spiro atoms. The maximum absolute atomic E-state index is 6.09. The molecule has 2 fully saturated rings. The summed E-state index contributed by atoms with van der Waals surface area (Å²) in [6.07, 6.45) is 10.8. The van der Waals surface area contributed by atoms with Gasteiger partial charge in [-0.05, 0) is 57.1 Å². The predicted octanol–water partition coefficient (Wildman–Crippen LogP) is 3.99. The molecular formula is C21H35IN4O2. The monoisotopic (exact) mass is 502 g/mol. The van der Waals surface area contributed by atoms with Gasteiger partial charge in [0.05, 0.1) is 6.10 Å². The Bertz CT molecular complexity index is 600. The van der Waals surface area contributed by atoms with Crippen LogP contribution < -0.4 is 10.1 Å². The van der Waals surface area contributed by atoms with Crippen LogP contribution in [0.4, 0.5) is 0 Å². The molecule has 0 unspecified atom stereocenters. The first-order chi connectivity index (χ1) is 13.3. The zero-order valence-electron chi connectivity index (χ0n) is 17.2. The third-order valence-electron chi connectivity index (χ3n) is 5.45. The summed E-state index contributed by atoms with van der Waals surface area (Å²) in [6.45, 7) is 5.55. The second-order valence-corrected chi connectivity index (χ2v) is 7.42. The maximum atomic E-state index is 6.09. The van der Waals surface area contributed by atoms with Crippen LogP contribution in [-0.4, -0.2) is 54.8 Å². The smallest absolute Gasteiger partial charge is 0.213 e. The van der Waals surface area contributed by atoms with Crippen molar-refractivity contribution in [2.24, 2.45) is 4.99 Å². The van der Waals surface area contributed by atoms with Crippen molar-refractivity contribution in [1.82, 2.24) is 15.2 Å². The maximum Gasteiger partial charge on any atom is 0.213 e. The van der Waals surface area contributed by atoms with Gasteiger partial charge in [-0.2, -0.15) is 0 Å². The van der Waals surface area contributed by atoms with Gasteiger partial charge in [-0.3, -0.25) is 4.99 Å². The van der Waals surface area contributed by atoms with E-state index < -0.39 is 0 Å². The molecule has 1 aromatic heterocycles. The molecule has 1 N–H and O–H groups in total. The Morgan fingerprint density at radius 2 is 1.93 bits per heavy atom.